The van der Waals surface area contributed by atoms with Crippen molar-refractivity contribution in [3.05, 3.63) is 35.4 Å². The lowest BCUT2D eigenvalue weighted by atomic mass is 10.0. The van der Waals surface area contributed by atoms with E-state index in [4.69, 9.17) is 9.47 Å². The average Bonchev–Trinajstić information content (AvgIpc) is 2.81. The number of carbonyl (C=O) groups is 1. The molecule has 20 heavy (non-hydrogen) atoms. The van der Waals surface area contributed by atoms with Gasteiger partial charge in [-0.15, -0.1) is 0 Å². The molecule has 2 rings (SSSR count). The summed E-state index contributed by atoms with van der Waals surface area (Å²) >= 11 is 0. The minimum Gasteiger partial charge on any atom is -0.383 e. The van der Waals surface area contributed by atoms with Gasteiger partial charge in [0.25, 0.3) is 5.91 Å². The zero-order valence-corrected chi connectivity index (χ0v) is 11.7. The summed E-state index contributed by atoms with van der Waals surface area (Å²) in [6.45, 7) is 1.50. The van der Waals surface area contributed by atoms with Crippen molar-refractivity contribution < 1.29 is 14.3 Å². The van der Waals surface area contributed by atoms with E-state index in [0.717, 1.165) is 11.1 Å². The molecule has 2 N–H and O–H groups in total. The van der Waals surface area contributed by atoms with E-state index in [2.05, 4.69) is 15.6 Å². The smallest absolute Gasteiger partial charge is 0.253 e. The van der Waals surface area contributed by atoms with Crippen molar-refractivity contribution in [3.63, 3.8) is 0 Å². The van der Waals surface area contributed by atoms with Crippen LogP contribution in [0.5, 0.6) is 0 Å². The maximum absolute atomic E-state index is 12.0. The summed E-state index contributed by atoms with van der Waals surface area (Å²) in [6, 6.07) is 7.28. The Morgan fingerprint density at radius 3 is 2.80 bits per heavy atom. The van der Waals surface area contributed by atoms with Gasteiger partial charge in [0, 0.05) is 14.2 Å². The van der Waals surface area contributed by atoms with Crippen LogP contribution in [0, 0.1) is 0 Å². The fourth-order valence-corrected chi connectivity index (χ4v) is 2.08. The van der Waals surface area contributed by atoms with Crippen LogP contribution in [0.15, 0.2) is 29.3 Å². The van der Waals surface area contributed by atoms with Crippen LogP contribution in [-0.4, -0.2) is 39.2 Å². The van der Waals surface area contributed by atoms with Gasteiger partial charge < -0.3 is 14.8 Å². The molecule has 6 heteroatoms. The molecule has 1 unspecified atom stereocenters. The first-order valence-electron chi connectivity index (χ1n) is 6.43. The van der Waals surface area contributed by atoms with Gasteiger partial charge in [0.1, 0.15) is 6.04 Å². The number of nitrogens with one attached hydrogen (secondary N) is 2. The van der Waals surface area contributed by atoms with Crippen molar-refractivity contribution in [2.24, 2.45) is 4.99 Å². The second kappa shape index (κ2) is 7.02. The highest BCUT2D eigenvalue weighted by Gasteiger charge is 2.30. The fourth-order valence-electron chi connectivity index (χ4n) is 2.08. The highest BCUT2D eigenvalue weighted by molar-refractivity contribution is 6.06. The van der Waals surface area contributed by atoms with Crippen LogP contribution >= 0.6 is 0 Å². The van der Waals surface area contributed by atoms with E-state index in [-0.39, 0.29) is 5.91 Å². The van der Waals surface area contributed by atoms with Crippen molar-refractivity contribution >= 4 is 11.9 Å². The topological polar surface area (TPSA) is 72.0 Å². The molecule has 0 bridgehead atoms. The predicted octanol–water partition coefficient (Wildman–Crippen LogP) is 0.596. The molecule has 0 saturated carbocycles. The highest BCUT2D eigenvalue weighted by Crippen LogP contribution is 2.21. The zero-order chi connectivity index (χ0) is 14.4. The quantitative estimate of drug-likeness (QED) is 0.747. The molecule has 1 aromatic rings. The van der Waals surface area contributed by atoms with Crippen molar-refractivity contribution in [2.75, 3.05) is 27.4 Å². The van der Waals surface area contributed by atoms with Gasteiger partial charge in [0.15, 0.2) is 5.96 Å². The van der Waals surface area contributed by atoms with Crippen LogP contribution in [0.25, 0.3) is 0 Å². The van der Waals surface area contributed by atoms with Gasteiger partial charge in [-0.1, -0.05) is 24.3 Å². The van der Waals surface area contributed by atoms with E-state index in [1.165, 1.54) is 0 Å². The maximum Gasteiger partial charge on any atom is 0.253 e. The number of nitrogens with zero attached hydrogens (tertiary/aromatic N) is 1. The van der Waals surface area contributed by atoms with Crippen LogP contribution in [0.1, 0.15) is 17.2 Å². The molecule has 0 aromatic heterocycles. The molecule has 6 nitrogen and oxygen atoms in total. The lowest BCUT2D eigenvalue weighted by Gasteiger charge is -2.13. The summed E-state index contributed by atoms with van der Waals surface area (Å²) < 4.78 is 10.1. The van der Waals surface area contributed by atoms with Crippen LogP contribution in [0.4, 0.5) is 0 Å². The second-order valence-corrected chi connectivity index (χ2v) is 4.42. The summed E-state index contributed by atoms with van der Waals surface area (Å²) in [7, 11) is 3.25. The standard InChI is InChI=1S/C14H19N3O3/c1-19-8-7-15-14-16-12(13(18)17-14)11-6-4-3-5-10(11)9-20-2/h3-6,12H,7-9H2,1-2H3,(H2,15,16,17,18). The Morgan fingerprint density at radius 2 is 2.05 bits per heavy atom. The number of carbonyl (C=O) groups excluding carboxylic acids is 1. The van der Waals surface area contributed by atoms with Gasteiger partial charge in [-0.05, 0) is 11.1 Å². The third-order valence-electron chi connectivity index (χ3n) is 3.02. The Labute approximate surface area is 118 Å². The summed E-state index contributed by atoms with van der Waals surface area (Å²) in [5.41, 5.74) is 1.89. The monoisotopic (exact) mass is 277 g/mol. The van der Waals surface area contributed by atoms with Crippen LogP contribution in [-0.2, 0) is 20.9 Å². The molecular formula is C14H19N3O3. The summed E-state index contributed by atoms with van der Waals surface area (Å²) in [5.74, 6) is 0.383. The molecule has 1 aliphatic heterocycles. The Morgan fingerprint density at radius 1 is 1.25 bits per heavy atom. The minimum absolute atomic E-state index is 0.107. The second-order valence-electron chi connectivity index (χ2n) is 4.42. The van der Waals surface area contributed by atoms with Crippen LogP contribution in [0.3, 0.4) is 0 Å². The molecule has 1 fully saturated rings. The Bertz CT molecular complexity index is 502. The molecule has 1 aromatic carbocycles. The molecule has 1 amide bonds. The molecule has 0 aliphatic carbocycles. The van der Waals surface area contributed by atoms with Gasteiger partial charge in [-0.3, -0.25) is 15.1 Å². The van der Waals surface area contributed by atoms with E-state index >= 15 is 0 Å². The number of hydrogen-bond donors (Lipinski definition) is 2. The van der Waals surface area contributed by atoms with E-state index in [0.29, 0.717) is 25.7 Å². The SMILES string of the molecule is COCCN=C1NC(=O)C(c2ccccc2COC)N1. The van der Waals surface area contributed by atoms with Crippen LogP contribution < -0.4 is 10.6 Å². The molecule has 1 aliphatic rings. The van der Waals surface area contributed by atoms with E-state index < -0.39 is 6.04 Å². The maximum atomic E-state index is 12.0. The third kappa shape index (κ3) is 3.34. The normalized spacial score (nSPS) is 20.0. The molecule has 0 spiro atoms. The molecule has 1 saturated heterocycles. The molecule has 1 heterocycles. The average molecular weight is 277 g/mol. The number of guanidine groups is 1. The number of rotatable bonds is 6. The van der Waals surface area contributed by atoms with Crippen molar-refractivity contribution in [3.8, 4) is 0 Å². The minimum atomic E-state index is -0.428. The van der Waals surface area contributed by atoms with E-state index in [1.54, 1.807) is 14.2 Å². The lowest BCUT2D eigenvalue weighted by Crippen LogP contribution is -2.26. The van der Waals surface area contributed by atoms with Gasteiger partial charge in [0.2, 0.25) is 0 Å². The van der Waals surface area contributed by atoms with Gasteiger partial charge >= 0.3 is 0 Å². The number of aliphatic imine (C=N–C) groups is 1. The lowest BCUT2D eigenvalue weighted by molar-refractivity contribution is -0.120. The molecule has 1 atom stereocenters. The largest absolute Gasteiger partial charge is 0.383 e. The van der Waals surface area contributed by atoms with Gasteiger partial charge in [-0.2, -0.15) is 0 Å². The number of benzene rings is 1. The van der Waals surface area contributed by atoms with Gasteiger partial charge in [-0.25, -0.2) is 0 Å². The number of methoxy groups -OCH3 is 2. The number of amides is 1. The summed E-state index contributed by atoms with van der Waals surface area (Å²) in [5, 5.41) is 5.83. The Kier molecular flexibility index (Phi) is 5.09. The van der Waals surface area contributed by atoms with Crippen molar-refractivity contribution in [2.45, 2.75) is 12.6 Å². The van der Waals surface area contributed by atoms with Crippen molar-refractivity contribution in [1.29, 1.82) is 0 Å². The Hall–Kier alpha value is -1.92. The fraction of sp³-hybridized carbons (Fsp3) is 0.429. The van der Waals surface area contributed by atoms with E-state index in [1.807, 2.05) is 24.3 Å². The van der Waals surface area contributed by atoms with Crippen LogP contribution in [0.2, 0.25) is 0 Å². The third-order valence-corrected chi connectivity index (χ3v) is 3.02. The Balaban J connectivity index is 2.13. The summed E-state index contributed by atoms with van der Waals surface area (Å²) in [6.07, 6.45) is 0. The predicted molar refractivity (Wildman–Crippen MR) is 75.4 cm³/mol. The van der Waals surface area contributed by atoms with E-state index in [9.17, 15) is 4.79 Å². The van der Waals surface area contributed by atoms with Gasteiger partial charge in [0.05, 0.1) is 19.8 Å². The molecule has 108 valence electrons. The summed E-state index contributed by atoms with van der Waals surface area (Å²) in [4.78, 5) is 16.3. The first-order chi connectivity index (χ1) is 9.76. The first-order valence-corrected chi connectivity index (χ1v) is 6.43. The molecular weight excluding hydrogens is 258 g/mol. The first kappa shape index (κ1) is 14.5. The van der Waals surface area contributed by atoms with Crippen molar-refractivity contribution in [1.82, 2.24) is 10.6 Å². The molecule has 0 radical (unpaired) electrons. The number of ether oxygens (including phenoxy) is 2. The number of hydrogen-bond acceptors (Lipinski definition) is 4. The zero-order valence-electron chi connectivity index (χ0n) is 11.7. The highest BCUT2D eigenvalue weighted by atomic mass is 16.5.